The first-order valence-electron chi connectivity index (χ1n) is 8.83. The summed E-state index contributed by atoms with van der Waals surface area (Å²) in [5.41, 5.74) is 3.09. The third-order valence-corrected chi connectivity index (χ3v) is 4.94. The summed E-state index contributed by atoms with van der Waals surface area (Å²) in [6.07, 6.45) is 3.89. The van der Waals surface area contributed by atoms with Crippen LogP contribution >= 0.6 is 0 Å². The largest absolute Gasteiger partial charge is 0.339 e. The van der Waals surface area contributed by atoms with E-state index in [1.807, 2.05) is 53.4 Å². The van der Waals surface area contributed by atoms with E-state index in [0.717, 1.165) is 53.8 Å². The number of fused-ring (bicyclic) bond motifs is 1. The molecule has 1 fully saturated rings. The number of pyridine rings is 2. The third-order valence-electron chi connectivity index (χ3n) is 4.94. The van der Waals surface area contributed by atoms with Gasteiger partial charge in [0.05, 0.1) is 22.5 Å². The zero-order valence-electron chi connectivity index (χ0n) is 14.4. The fourth-order valence-corrected chi connectivity index (χ4v) is 3.38. The van der Waals surface area contributed by atoms with E-state index in [4.69, 9.17) is 4.98 Å². The van der Waals surface area contributed by atoms with E-state index in [0.29, 0.717) is 5.92 Å². The minimum Gasteiger partial charge on any atom is -0.339 e. The summed E-state index contributed by atoms with van der Waals surface area (Å²) < 4.78 is 0. The molecule has 3 heterocycles. The molecule has 0 radical (unpaired) electrons. The lowest BCUT2D eigenvalue weighted by Gasteiger charge is -2.30. The van der Waals surface area contributed by atoms with Crippen molar-refractivity contribution in [2.24, 2.45) is 5.92 Å². The quantitative estimate of drug-likeness (QED) is 0.708. The number of nitrogens with zero attached hydrogens (tertiary/aromatic N) is 3. The molecule has 0 atom stereocenters. The van der Waals surface area contributed by atoms with Gasteiger partial charge in [0.2, 0.25) is 0 Å². The number of para-hydroxylation sites is 1. The van der Waals surface area contributed by atoms with Crippen LogP contribution in [0.5, 0.6) is 0 Å². The maximum atomic E-state index is 13.2. The predicted molar refractivity (Wildman–Crippen MR) is 99.3 cm³/mol. The van der Waals surface area contributed by atoms with E-state index in [1.54, 1.807) is 6.20 Å². The van der Waals surface area contributed by atoms with Crippen molar-refractivity contribution in [1.29, 1.82) is 0 Å². The second-order valence-corrected chi connectivity index (χ2v) is 6.76. The van der Waals surface area contributed by atoms with Crippen LogP contribution in [-0.4, -0.2) is 33.9 Å². The first-order chi connectivity index (χ1) is 12.2. The summed E-state index contributed by atoms with van der Waals surface area (Å²) in [7, 11) is 0. The molecular weight excluding hydrogens is 310 g/mol. The molecule has 3 aromatic rings. The second kappa shape index (κ2) is 6.63. The highest BCUT2D eigenvalue weighted by Gasteiger charge is 2.23. The van der Waals surface area contributed by atoms with Crippen LogP contribution in [0, 0.1) is 5.92 Å². The molecule has 4 rings (SSSR count). The first kappa shape index (κ1) is 15.8. The van der Waals surface area contributed by atoms with Gasteiger partial charge in [-0.3, -0.25) is 9.78 Å². The van der Waals surface area contributed by atoms with Crippen LogP contribution in [0.25, 0.3) is 22.3 Å². The number of hydrogen-bond acceptors (Lipinski definition) is 3. The van der Waals surface area contributed by atoms with Gasteiger partial charge in [-0.05, 0) is 43.0 Å². The number of rotatable bonds is 2. The van der Waals surface area contributed by atoms with Crippen LogP contribution in [0.1, 0.15) is 30.1 Å². The number of carbonyl (C=O) groups is 1. The zero-order valence-corrected chi connectivity index (χ0v) is 14.4. The molecule has 1 aromatic carbocycles. The van der Waals surface area contributed by atoms with Crippen LogP contribution in [0.3, 0.4) is 0 Å². The molecule has 25 heavy (non-hydrogen) atoms. The lowest BCUT2D eigenvalue weighted by molar-refractivity contribution is 0.0699. The number of hydrogen-bond donors (Lipinski definition) is 0. The molecular formula is C21H21N3O. The highest BCUT2D eigenvalue weighted by Crippen LogP contribution is 2.26. The third kappa shape index (κ3) is 3.12. The van der Waals surface area contributed by atoms with Crippen molar-refractivity contribution in [2.45, 2.75) is 19.8 Å². The molecule has 4 heteroatoms. The van der Waals surface area contributed by atoms with E-state index < -0.39 is 0 Å². The number of amides is 1. The van der Waals surface area contributed by atoms with Gasteiger partial charge in [0, 0.05) is 24.7 Å². The van der Waals surface area contributed by atoms with E-state index >= 15 is 0 Å². The Balaban J connectivity index is 1.80. The van der Waals surface area contributed by atoms with Crippen LogP contribution in [0.2, 0.25) is 0 Å². The Labute approximate surface area is 147 Å². The van der Waals surface area contributed by atoms with Crippen molar-refractivity contribution in [1.82, 2.24) is 14.9 Å². The number of benzene rings is 1. The lowest BCUT2D eigenvalue weighted by Crippen LogP contribution is -2.38. The van der Waals surface area contributed by atoms with E-state index in [2.05, 4.69) is 11.9 Å². The number of carbonyl (C=O) groups excluding carboxylic acids is 1. The lowest BCUT2D eigenvalue weighted by atomic mass is 9.98. The van der Waals surface area contributed by atoms with Crippen LogP contribution in [0.15, 0.2) is 54.7 Å². The molecule has 1 amide bonds. The van der Waals surface area contributed by atoms with Gasteiger partial charge >= 0.3 is 0 Å². The summed E-state index contributed by atoms with van der Waals surface area (Å²) in [6.45, 7) is 3.91. The average molecular weight is 331 g/mol. The molecule has 1 aliphatic rings. The van der Waals surface area contributed by atoms with Crippen molar-refractivity contribution in [3.05, 3.63) is 60.3 Å². The SMILES string of the molecule is CC1CCN(C(=O)c2cc(-c3ccccn3)nc3ccccc23)CC1. The summed E-state index contributed by atoms with van der Waals surface area (Å²) in [5, 5.41) is 0.908. The van der Waals surface area contributed by atoms with Crippen molar-refractivity contribution >= 4 is 16.8 Å². The maximum absolute atomic E-state index is 13.2. The highest BCUT2D eigenvalue weighted by atomic mass is 16.2. The summed E-state index contributed by atoms with van der Waals surface area (Å²) in [5.74, 6) is 0.796. The van der Waals surface area contributed by atoms with E-state index in [9.17, 15) is 4.79 Å². The summed E-state index contributed by atoms with van der Waals surface area (Å²) >= 11 is 0. The molecule has 2 aromatic heterocycles. The van der Waals surface area contributed by atoms with Crippen molar-refractivity contribution in [3.63, 3.8) is 0 Å². The van der Waals surface area contributed by atoms with Gasteiger partial charge < -0.3 is 4.90 Å². The topological polar surface area (TPSA) is 46.1 Å². The van der Waals surface area contributed by atoms with Crippen molar-refractivity contribution in [2.75, 3.05) is 13.1 Å². The molecule has 0 spiro atoms. The van der Waals surface area contributed by atoms with Crippen LogP contribution < -0.4 is 0 Å². The Morgan fingerprint density at radius 1 is 1.04 bits per heavy atom. The monoisotopic (exact) mass is 331 g/mol. The summed E-state index contributed by atoms with van der Waals surface area (Å²) in [6, 6.07) is 15.5. The summed E-state index contributed by atoms with van der Waals surface area (Å²) in [4.78, 5) is 24.3. The molecule has 126 valence electrons. The molecule has 0 aliphatic carbocycles. The smallest absolute Gasteiger partial charge is 0.254 e. The normalized spacial score (nSPS) is 15.5. The Morgan fingerprint density at radius 3 is 2.56 bits per heavy atom. The highest BCUT2D eigenvalue weighted by molar-refractivity contribution is 6.07. The molecule has 0 unspecified atom stereocenters. The molecule has 1 saturated heterocycles. The molecule has 4 nitrogen and oxygen atoms in total. The molecule has 0 bridgehead atoms. The Hall–Kier alpha value is -2.75. The fraction of sp³-hybridized carbons (Fsp3) is 0.286. The number of aromatic nitrogens is 2. The van der Waals surface area contributed by atoms with E-state index in [-0.39, 0.29) is 5.91 Å². The van der Waals surface area contributed by atoms with Gasteiger partial charge in [-0.15, -0.1) is 0 Å². The van der Waals surface area contributed by atoms with Gasteiger partial charge in [0.1, 0.15) is 0 Å². The van der Waals surface area contributed by atoms with Gasteiger partial charge in [-0.2, -0.15) is 0 Å². The van der Waals surface area contributed by atoms with Crippen LogP contribution in [-0.2, 0) is 0 Å². The zero-order chi connectivity index (χ0) is 17.2. The Kier molecular flexibility index (Phi) is 4.18. The average Bonchev–Trinajstić information content (AvgIpc) is 2.68. The molecule has 0 N–H and O–H groups in total. The van der Waals surface area contributed by atoms with Gasteiger partial charge in [-0.1, -0.05) is 31.2 Å². The number of piperidine rings is 1. The standard InChI is InChI=1S/C21H21N3O/c1-15-9-12-24(13-10-15)21(25)17-14-20(19-8-4-5-11-22-19)23-18-7-3-2-6-16(17)18/h2-8,11,14-15H,9-10,12-13H2,1H3. The first-order valence-corrected chi connectivity index (χ1v) is 8.83. The minimum atomic E-state index is 0.0997. The fourth-order valence-electron chi connectivity index (χ4n) is 3.38. The van der Waals surface area contributed by atoms with Gasteiger partial charge in [0.25, 0.3) is 5.91 Å². The predicted octanol–water partition coefficient (Wildman–Crippen LogP) is 4.17. The van der Waals surface area contributed by atoms with Crippen LogP contribution in [0.4, 0.5) is 0 Å². The Bertz CT molecular complexity index is 899. The molecule has 0 saturated carbocycles. The van der Waals surface area contributed by atoms with Gasteiger partial charge in [0.15, 0.2) is 0 Å². The van der Waals surface area contributed by atoms with Crippen molar-refractivity contribution < 1.29 is 4.79 Å². The maximum Gasteiger partial charge on any atom is 0.254 e. The minimum absolute atomic E-state index is 0.0997. The number of likely N-dealkylation sites (tertiary alicyclic amines) is 1. The van der Waals surface area contributed by atoms with Crippen molar-refractivity contribution in [3.8, 4) is 11.4 Å². The van der Waals surface area contributed by atoms with Gasteiger partial charge in [-0.25, -0.2) is 4.98 Å². The van der Waals surface area contributed by atoms with E-state index in [1.165, 1.54) is 0 Å². The second-order valence-electron chi connectivity index (χ2n) is 6.76. The molecule has 1 aliphatic heterocycles. The Morgan fingerprint density at radius 2 is 1.80 bits per heavy atom.